The van der Waals surface area contributed by atoms with E-state index in [1.165, 1.54) is 0 Å². The Hall–Kier alpha value is 1.50. The molecule has 0 aliphatic rings. The molecule has 0 unspecified atom stereocenters. The molecule has 4 nitrogen and oxygen atoms in total. The zero-order valence-corrected chi connectivity index (χ0v) is 9.25. The first kappa shape index (κ1) is 10.5. The van der Waals surface area contributed by atoms with Gasteiger partial charge in [0.1, 0.15) is 0 Å². The normalized spacial score (nSPS) is 3.50. The molecule has 0 aromatic carbocycles. The molecule has 0 rings (SSSR count). The third-order valence-electron chi connectivity index (χ3n) is 0. The Bertz CT molecular complexity index is 87.7. The Morgan fingerprint density at radius 3 is 1.00 bits per heavy atom. The molecule has 0 aromatic heterocycles. The van der Waals surface area contributed by atoms with Gasteiger partial charge in [-0.25, -0.2) is 0 Å². The second-order valence-corrected chi connectivity index (χ2v) is 2.10. The van der Waals surface area contributed by atoms with Crippen LogP contribution in [0.1, 0.15) is 0 Å². The maximum absolute atomic E-state index is 8.64. The summed E-state index contributed by atoms with van der Waals surface area (Å²) in [6.07, 6.45) is 0. The SMILES string of the molecule is [O]=[La](=[O])=[O].[O]=[Y]. The molecule has 0 spiro atoms. The molecule has 0 aromatic rings. The minimum atomic E-state index is -4.47. The molecule has 6 heavy (non-hydrogen) atoms. The number of hydrogen-bond donors (Lipinski definition) is 0. The molecule has 0 aliphatic carbocycles. The van der Waals surface area contributed by atoms with Gasteiger partial charge in [0.15, 0.2) is 0 Å². The predicted octanol–water partition coefficient (Wildman–Crippen LogP) is -0.478. The second-order valence-electron chi connectivity index (χ2n) is 0.289. The molecule has 0 radical (unpaired) electrons. The molecule has 0 heterocycles. The summed E-state index contributed by atoms with van der Waals surface area (Å²) in [4.78, 5) is 0. The van der Waals surface area contributed by atoms with Crippen LogP contribution < -0.4 is 0 Å². The molecular weight excluding hydrogens is 292 g/mol. The first-order chi connectivity index (χ1) is 2.73. The standard InChI is InChI=1S/La.4O.Y. The molecule has 0 saturated heterocycles. The predicted molar refractivity (Wildman–Crippen MR) is 2.75 cm³/mol. The van der Waals surface area contributed by atoms with Crippen molar-refractivity contribution in [1.82, 2.24) is 0 Å². The summed E-state index contributed by atoms with van der Waals surface area (Å²) in [6.45, 7) is 0. The fourth-order valence-electron chi connectivity index (χ4n) is 0. The summed E-state index contributed by atoms with van der Waals surface area (Å²) in [6, 6.07) is 0. The van der Waals surface area contributed by atoms with E-state index in [1.807, 2.05) is 0 Å². The third-order valence-corrected chi connectivity index (χ3v) is 0. The van der Waals surface area contributed by atoms with Gasteiger partial charge < -0.3 is 0 Å². The second kappa shape index (κ2) is 9.71. The average Bonchev–Trinajstić information content (AvgIpc) is 1.41. The van der Waals surface area contributed by atoms with Gasteiger partial charge in [0, 0.05) is 0 Å². The average molecular weight is 292 g/mol. The van der Waals surface area contributed by atoms with Crippen LogP contribution in [-0.2, 0) is 38.1 Å². The monoisotopic (exact) mass is 292 g/mol. The van der Waals surface area contributed by atoms with Crippen molar-refractivity contribution < 1.29 is 68.4 Å². The molecule has 0 saturated carbocycles. The molecule has 0 bridgehead atoms. The van der Waals surface area contributed by atoms with E-state index in [1.54, 1.807) is 0 Å². The van der Waals surface area contributed by atoms with E-state index in [9.17, 15) is 0 Å². The summed E-state index contributed by atoms with van der Waals surface area (Å²) in [7, 11) is 0. The number of hydrogen-bond acceptors (Lipinski definition) is 4. The van der Waals surface area contributed by atoms with E-state index in [4.69, 9.17) is 7.13 Å². The van der Waals surface area contributed by atoms with Crippen LogP contribution in [0.25, 0.3) is 0 Å². The van der Waals surface area contributed by atoms with E-state index in [2.05, 4.69) is 0 Å². The van der Waals surface area contributed by atoms with Crippen LogP contribution in [0.2, 0.25) is 0 Å². The molecule has 0 atom stereocenters. The summed E-state index contributed by atoms with van der Waals surface area (Å²) >= 11 is -4.37. The van der Waals surface area contributed by atoms with Crippen LogP contribution in [-0.4, -0.2) is 0 Å². The minimum absolute atomic E-state index is 0.100. The Morgan fingerprint density at radius 2 is 1.00 bits per heavy atom. The van der Waals surface area contributed by atoms with E-state index in [0.717, 1.165) is 0 Å². The molecule has 0 fully saturated rings. The molecule has 0 aliphatic heterocycles. The fraction of sp³-hybridized carbons (Fsp3) is 0. The van der Waals surface area contributed by atoms with Crippen LogP contribution in [0.5, 0.6) is 0 Å². The summed E-state index contributed by atoms with van der Waals surface area (Å²) < 4.78 is 34.3. The van der Waals surface area contributed by atoms with Crippen LogP contribution in [0.3, 0.4) is 0 Å². The van der Waals surface area contributed by atoms with Crippen molar-refractivity contribution in [2.75, 3.05) is 0 Å². The molecule has 0 amide bonds. The number of rotatable bonds is 0. The fourth-order valence-corrected chi connectivity index (χ4v) is 0. The summed E-state index contributed by atoms with van der Waals surface area (Å²) in [5.74, 6) is 0. The van der Waals surface area contributed by atoms with Crippen molar-refractivity contribution in [3.63, 3.8) is 0 Å². The molecular formula is LaO4Y. The Balaban J connectivity index is 0. The van der Waals surface area contributed by atoms with E-state index in [-0.39, 0.29) is 31.0 Å². The van der Waals surface area contributed by atoms with Crippen molar-refractivity contribution in [3.05, 3.63) is 0 Å². The Labute approximate surface area is 66.9 Å². The molecule has 0 N–H and O–H groups in total. The Morgan fingerprint density at radius 1 is 1.00 bits per heavy atom. The van der Waals surface area contributed by atoms with Crippen LogP contribution in [0.15, 0.2) is 0 Å². The zero-order valence-electron chi connectivity index (χ0n) is 2.79. The molecule has 30 valence electrons. The van der Waals surface area contributed by atoms with Gasteiger partial charge >= 0.3 is 68.4 Å². The van der Waals surface area contributed by atoms with E-state index < -0.39 is 30.2 Å². The quantitative estimate of drug-likeness (QED) is 0.605. The van der Waals surface area contributed by atoms with Gasteiger partial charge in [-0.1, -0.05) is 0 Å². The van der Waals surface area contributed by atoms with Gasteiger partial charge in [-0.3, -0.25) is 0 Å². The first-order valence-corrected chi connectivity index (χ1v) is 6.54. The first-order valence-electron chi connectivity index (χ1n) is 0.943. The van der Waals surface area contributed by atoms with Crippen LogP contribution in [0, 0.1) is 30.2 Å². The van der Waals surface area contributed by atoms with Crippen molar-refractivity contribution >= 4 is 0 Å². The van der Waals surface area contributed by atoms with Gasteiger partial charge in [-0.2, -0.15) is 0 Å². The topological polar surface area (TPSA) is 68.3 Å². The van der Waals surface area contributed by atoms with Gasteiger partial charge in [-0.15, -0.1) is 0 Å². The van der Waals surface area contributed by atoms with Gasteiger partial charge in [0.05, 0.1) is 0 Å². The van der Waals surface area contributed by atoms with Gasteiger partial charge in [0.2, 0.25) is 0 Å². The van der Waals surface area contributed by atoms with Crippen molar-refractivity contribution in [2.45, 2.75) is 0 Å². The summed E-state index contributed by atoms with van der Waals surface area (Å²) in [5.41, 5.74) is 0. The Kier molecular flexibility index (Phi) is 16.9. The molecule has 6 heteroatoms. The summed E-state index contributed by atoms with van der Waals surface area (Å²) in [5, 5.41) is 0. The maximum atomic E-state index is 8.64. The van der Waals surface area contributed by atoms with E-state index >= 15 is 0 Å². The van der Waals surface area contributed by atoms with Gasteiger partial charge in [-0.05, 0) is 0 Å². The van der Waals surface area contributed by atoms with Crippen molar-refractivity contribution in [3.8, 4) is 0 Å². The van der Waals surface area contributed by atoms with Crippen molar-refractivity contribution in [1.29, 1.82) is 0 Å². The van der Waals surface area contributed by atoms with E-state index in [0.29, 0.717) is 0 Å². The van der Waals surface area contributed by atoms with Crippen LogP contribution in [0.4, 0.5) is 0 Å². The van der Waals surface area contributed by atoms with Crippen LogP contribution >= 0.6 is 0 Å². The van der Waals surface area contributed by atoms with Crippen molar-refractivity contribution in [2.24, 2.45) is 0 Å². The van der Waals surface area contributed by atoms with Gasteiger partial charge in [0.25, 0.3) is 0 Å². The third kappa shape index (κ3) is 49.5. The zero-order chi connectivity index (χ0) is 5.58.